The molecule has 0 aliphatic heterocycles. The van der Waals surface area contributed by atoms with Crippen LogP contribution in [-0.2, 0) is 9.53 Å². The van der Waals surface area contributed by atoms with Crippen molar-refractivity contribution in [1.29, 1.82) is 0 Å². The maximum atomic E-state index is 12.0. The van der Waals surface area contributed by atoms with Gasteiger partial charge in [0.2, 0.25) is 0 Å². The number of amides is 1. The summed E-state index contributed by atoms with van der Waals surface area (Å²) in [5.41, 5.74) is -0.242. The van der Waals surface area contributed by atoms with Gasteiger partial charge >= 0.3 is 12.1 Å². The molecule has 1 amide bonds. The van der Waals surface area contributed by atoms with Crippen LogP contribution in [0.25, 0.3) is 0 Å². The topological polar surface area (TPSA) is 94.1 Å². The summed E-state index contributed by atoms with van der Waals surface area (Å²) in [6, 6.07) is 4.20. The highest BCUT2D eigenvalue weighted by molar-refractivity contribution is 5.73. The van der Waals surface area contributed by atoms with Crippen molar-refractivity contribution in [2.75, 3.05) is 14.2 Å². The molecule has 128 valence electrons. The molecule has 0 aliphatic rings. The second kappa shape index (κ2) is 7.71. The molecule has 0 spiro atoms. The van der Waals surface area contributed by atoms with Crippen molar-refractivity contribution in [1.82, 2.24) is 5.32 Å². The minimum atomic E-state index is -1.07. The van der Waals surface area contributed by atoms with Gasteiger partial charge in [-0.05, 0) is 32.9 Å². The average Bonchev–Trinajstić information content (AvgIpc) is 2.43. The Morgan fingerprint density at radius 2 is 1.70 bits per heavy atom. The first-order valence-electron chi connectivity index (χ1n) is 7.10. The predicted octanol–water partition coefficient (Wildman–Crippen LogP) is 2.74. The molecule has 2 N–H and O–H groups in total. The number of alkyl carbamates (subject to hydrolysis) is 1. The molecule has 0 radical (unpaired) electrons. The number of benzene rings is 1. The minimum Gasteiger partial charge on any atom is -0.496 e. The van der Waals surface area contributed by atoms with Crippen LogP contribution in [0.15, 0.2) is 18.2 Å². The fraction of sp³-hybridized carbons (Fsp3) is 0.500. The Balaban J connectivity index is 3.17. The number of ether oxygens (including phenoxy) is 3. The highest BCUT2D eigenvalue weighted by Gasteiger charge is 2.27. The van der Waals surface area contributed by atoms with E-state index in [0.717, 1.165) is 0 Å². The molecule has 0 heterocycles. The highest BCUT2D eigenvalue weighted by atomic mass is 16.6. The maximum absolute atomic E-state index is 12.0. The van der Waals surface area contributed by atoms with Crippen LogP contribution in [0.2, 0.25) is 0 Å². The van der Waals surface area contributed by atoms with Crippen LogP contribution < -0.4 is 14.8 Å². The summed E-state index contributed by atoms with van der Waals surface area (Å²) >= 11 is 0. The van der Waals surface area contributed by atoms with Gasteiger partial charge in [0.15, 0.2) is 0 Å². The Morgan fingerprint density at radius 1 is 1.17 bits per heavy atom. The summed E-state index contributed by atoms with van der Waals surface area (Å²) in [5, 5.41) is 11.7. The highest BCUT2D eigenvalue weighted by Crippen LogP contribution is 2.35. The number of carboxylic acids is 1. The van der Waals surface area contributed by atoms with Gasteiger partial charge in [0.1, 0.15) is 17.1 Å². The SMILES string of the molecule is COc1cccc(OC)c1C(CC(=O)O)NC(=O)OC(C)(C)C. The van der Waals surface area contributed by atoms with Crippen molar-refractivity contribution < 1.29 is 28.9 Å². The number of nitrogens with one attached hydrogen (secondary N) is 1. The number of rotatable bonds is 6. The van der Waals surface area contributed by atoms with Gasteiger partial charge in [0.25, 0.3) is 0 Å². The Morgan fingerprint density at radius 3 is 2.09 bits per heavy atom. The van der Waals surface area contributed by atoms with E-state index in [4.69, 9.17) is 19.3 Å². The molecule has 7 heteroatoms. The molecular formula is C16H23NO6. The molecule has 0 saturated carbocycles. The van der Waals surface area contributed by atoms with Crippen molar-refractivity contribution in [2.45, 2.75) is 38.8 Å². The third-order valence-corrected chi connectivity index (χ3v) is 2.88. The molecule has 0 saturated heterocycles. The van der Waals surface area contributed by atoms with Gasteiger partial charge in [-0.1, -0.05) is 6.07 Å². The van der Waals surface area contributed by atoms with Crippen LogP contribution in [-0.4, -0.2) is 37.0 Å². The first-order valence-corrected chi connectivity index (χ1v) is 7.10. The normalized spacial score (nSPS) is 12.2. The Kier molecular flexibility index (Phi) is 6.24. The van der Waals surface area contributed by atoms with Crippen molar-refractivity contribution in [3.05, 3.63) is 23.8 Å². The number of carbonyl (C=O) groups excluding carboxylic acids is 1. The van der Waals surface area contributed by atoms with Crippen molar-refractivity contribution in [2.24, 2.45) is 0 Å². The fourth-order valence-electron chi connectivity index (χ4n) is 2.07. The van der Waals surface area contributed by atoms with Crippen LogP contribution in [0.1, 0.15) is 38.8 Å². The molecule has 0 aliphatic carbocycles. The number of hydrogen-bond donors (Lipinski definition) is 2. The first-order chi connectivity index (χ1) is 10.7. The number of carboxylic acid groups (broad SMARTS) is 1. The lowest BCUT2D eigenvalue weighted by atomic mass is 10.0. The number of carbonyl (C=O) groups is 2. The Bertz CT molecular complexity index is 542. The van der Waals surface area contributed by atoms with Crippen LogP contribution in [0.5, 0.6) is 11.5 Å². The summed E-state index contributed by atoms with van der Waals surface area (Å²) < 4.78 is 15.7. The molecule has 0 fully saturated rings. The van der Waals surface area contributed by atoms with Gasteiger partial charge in [0, 0.05) is 0 Å². The second-order valence-corrected chi connectivity index (χ2v) is 5.87. The van der Waals surface area contributed by atoms with Crippen molar-refractivity contribution in [3.63, 3.8) is 0 Å². The van der Waals surface area contributed by atoms with Crippen LogP contribution in [0, 0.1) is 0 Å². The molecule has 1 aromatic rings. The van der Waals surface area contributed by atoms with E-state index < -0.39 is 23.7 Å². The molecule has 1 atom stereocenters. The summed E-state index contributed by atoms with van der Waals surface area (Å²) in [7, 11) is 2.92. The van der Waals surface area contributed by atoms with Gasteiger partial charge in [-0.2, -0.15) is 0 Å². The smallest absolute Gasteiger partial charge is 0.408 e. The van der Waals surface area contributed by atoms with Crippen molar-refractivity contribution in [3.8, 4) is 11.5 Å². The fourth-order valence-corrected chi connectivity index (χ4v) is 2.07. The van der Waals surface area contributed by atoms with E-state index in [1.54, 1.807) is 39.0 Å². The zero-order valence-electron chi connectivity index (χ0n) is 14.0. The number of aliphatic carboxylic acids is 1. The third kappa shape index (κ3) is 5.69. The van der Waals surface area contributed by atoms with Crippen LogP contribution >= 0.6 is 0 Å². The van der Waals surface area contributed by atoms with Crippen LogP contribution in [0.3, 0.4) is 0 Å². The Hall–Kier alpha value is -2.44. The molecule has 0 bridgehead atoms. The summed E-state index contributed by atoms with van der Waals surface area (Å²) in [4.78, 5) is 23.2. The average molecular weight is 325 g/mol. The summed E-state index contributed by atoms with van der Waals surface area (Å²) in [5.74, 6) is -0.225. The lowest BCUT2D eigenvalue weighted by Crippen LogP contribution is -2.36. The monoisotopic (exact) mass is 325 g/mol. The molecule has 1 unspecified atom stereocenters. The van der Waals surface area contributed by atoms with E-state index in [-0.39, 0.29) is 6.42 Å². The summed E-state index contributed by atoms with van der Waals surface area (Å²) in [6.07, 6.45) is -1.05. The van der Waals surface area contributed by atoms with E-state index in [1.807, 2.05) is 0 Å². The van der Waals surface area contributed by atoms with E-state index in [2.05, 4.69) is 5.32 Å². The maximum Gasteiger partial charge on any atom is 0.408 e. The van der Waals surface area contributed by atoms with Gasteiger partial charge in [-0.3, -0.25) is 4.79 Å². The second-order valence-electron chi connectivity index (χ2n) is 5.87. The quantitative estimate of drug-likeness (QED) is 0.835. The molecular weight excluding hydrogens is 302 g/mol. The predicted molar refractivity (Wildman–Crippen MR) is 83.9 cm³/mol. The minimum absolute atomic E-state index is 0.337. The first kappa shape index (κ1) is 18.6. The lowest BCUT2D eigenvalue weighted by molar-refractivity contribution is -0.137. The summed E-state index contributed by atoms with van der Waals surface area (Å²) in [6.45, 7) is 5.17. The van der Waals surface area contributed by atoms with E-state index >= 15 is 0 Å². The molecule has 23 heavy (non-hydrogen) atoms. The largest absolute Gasteiger partial charge is 0.496 e. The van der Waals surface area contributed by atoms with Gasteiger partial charge in [-0.15, -0.1) is 0 Å². The standard InChI is InChI=1S/C16H23NO6/c1-16(2,3)23-15(20)17-10(9-13(18)19)14-11(21-4)7-6-8-12(14)22-5/h6-8,10H,9H2,1-5H3,(H,17,20)(H,18,19). The van der Waals surface area contributed by atoms with Crippen LogP contribution in [0.4, 0.5) is 4.79 Å². The molecule has 1 aromatic carbocycles. The van der Waals surface area contributed by atoms with Gasteiger partial charge < -0.3 is 24.6 Å². The third-order valence-electron chi connectivity index (χ3n) is 2.88. The Labute approximate surface area is 135 Å². The molecule has 0 aromatic heterocycles. The molecule has 1 rings (SSSR count). The zero-order valence-corrected chi connectivity index (χ0v) is 14.0. The van der Waals surface area contributed by atoms with Gasteiger partial charge in [0.05, 0.1) is 32.2 Å². The lowest BCUT2D eigenvalue weighted by Gasteiger charge is -2.25. The van der Waals surface area contributed by atoms with E-state index in [9.17, 15) is 9.59 Å². The van der Waals surface area contributed by atoms with E-state index in [1.165, 1.54) is 14.2 Å². The number of hydrogen-bond acceptors (Lipinski definition) is 5. The molecule has 7 nitrogen and oxygen atoms in total. The van der Waals surface area contributed by atoms with Gasteiger partial charge in [-0.25, -0.2) is 4.79 Å². The van der Waals surface area contributed by atoms with Crippen molar-refractivity contribution >= 4 is 12.1 Å². The van der Waals surface area contributed by atoms with E-state index in [0.29, 0.717) is 17.1 Å². The number of methoxy groups -OCH3 is 2. The zero-order chi connectivity index (χ0) is 17.6.